The second kappa shape index (κ2) is 7.24. The number of imidazole rings is 1. The summed E-state index contributed by atoms with van der Waals surface area (Å²) in [6.45, 7) is 6.73. The average Bonchev–Trinajstić information content (AvgIpc) is 3.06. The predicted molar refractivity (Wildman–Crippen MR) is 89.2 cm³/mol. The molecule has 1 amide bonds. The number of hydrogen-bond acceptors (Lipinski definition) is 4. The maximum Gasteiger partial charge on any atom is 0.220 e. The molecule has 2 aromatic heterocycles. The minimum Gasteiger partial charge on any atom is -0.396 e. The second-order valence-corrected chi connectivity index (χ2v) is 6.74. The van der Waals surface area contributed by atoms with E-state index in [9.17, 15) is 9.90 Å². The summed E-state index contributed by atoms with van der Waals surface area (Å²) in [6, 6.07) is 0. The maximum absolute atomic E-state index is 12.1. The van der Waals surface area contributed by atoms with Gasteiger partial charge in [0.1, 0.15) is 0 Å². The Bertz CT molecular complexity index is 620. The van der Waals surface area contributed by atoms with E-state index in [1.807, 2.05) is 13.1 Å². The van der Waals surface area contributed by atoms with Gasteiger partial charge in [0.05, 0.1) is 12.3 Å². The van der Waals surface area contributed by atoms with E-state index in [0.29, 0.717) is 19.4 Å². The Morgan fingerprint density at radius 2 is 2.18 bits per heavy atom. The van der Waals surface area contributed by atoms with E-state index < -0.39 is 0 Å². The first-order valence-corrected chi connectivity index (χ1v) is 8.71. The minimum absolute atomic E-state index is 0.0379. The number of rotatable bonds is 8. The monoisotopic (exact) mass is 323 g/mol. The van der Waals surface area contributed by atoms with Crippen molar-refractivity contribution >= 4 is 22.2 Å². The highest BCUT2D eigenvalue weighted by molar-refractivity contribution is 7.15. The molecule has 0 aliphatic heterocycles. The predicted octanol–water partition coefficient (Wildman–Crippen LogP) is 2.55. The van der Waals surface area contributed by atoms with Crippen LogP contribution in [-0.2, 0) is 11.2 Å². The first-order chi connectivity index (χ1) is 10.5. The number of aromatic nitrogens is 2. The van der Waals surface area contributed by atoms with Gasteiger partial charge in [-0.2, -0.15) is 0 Å². The van der Waals surface area contributed by atoms with Crippen molar-refractivity contribution in [2.45, 2.75) is 46.5 Å². The highest BCUT2D eigenvalue weighted by Gasteiger charge is 2.25. The molecule has 0 spiro atoms. The van der Waals surface area contributed by atoms with Crippen molar-refractivity contribution in [2.24, 2.45) is 5.41 Å². The molecule has 0 aromatic carbocycles. The molecule has 0 bridgehead atoms. The van der Waals surface area contributed by atoms with Gasteiger partial charge >= 0.3 is 0 Å². The van der Waals surface area contributed by atoms with E-state index >= 15 is 0 Å². The zero-order chi connectivity index (χ0) is 16.2. The molecule has 0 aliphatic rings. The number of carbonyl (C=O) groups excluding carboxylic acids is 1. The molecule has 0 fully saturated rings. The molecule has 0 saturated carbocycles. The van der Waals surface area contributed by atoms with E-state index in [1.165, 1.54) is 0 Å². The third-order valence-electron chi connectivity index (χ3n) is 4.51. The van der Waals surface area contributed by atoms with E-state index in [-0.39, 0.29) is 17.9 Å². The van der Waals surface area contributed by atoms with Crippen molar-refractivity contribution in [3.63, 3.8) is 0 Å². The van der Waals surface area contributed by atoms with Gasteiger partial charge in [0, 0.05) is 35.7 Å². The summed E-state index contributed by atoms with van der Waals surface area (Å²) in [5.74, 6) is 0.0379. The lowest BCUT2D eigenvalue weighted by Crippen LogP contribution is -2.39. The third kappa shape index (κ3) is 3.67. The van der Waals surface area contributed by atoms with Crippen LogP contribution in [0.15, 0.2) is 11.6 Å². The van der Waals surface area contributed by atoms with Crippen LogP contribution < -0.4 is 5.32 Å². The van der Waals surface area contributed by atoms with Crippen LogP contribution in [0.5, 0.6) is 0 Å². The molecular weight excluding hydrogens is 298 g/mol. The molecule has 22 heavy (non-hydrogen) atoms. The molecule has 0 unspecified atom stereocenters. The number of nitrogens with zero attached hydrogens (tertiary/aromatic N) is 2. The molecule has 2 rings (SSSR count). The number of carbonyl (C=O) groups is 1. The molecule has 6 heteroatoms. The van der Waals surface area contributed by atoms with Gasteiger partial charge < -0.3 is 10.4 Å². The summed E-state index contributed by atoms with van der Waals surface area (Å²) < 4.78 is 2.06. The molecule has 122 valence electrons. The summed E-state index contributed by atoms with van der Waals surface area (Å²) in [7, 11) is 0. The highest BCUT2D eigenvalue weighted by atomic mass is 32.1. The lowest BCUT2D eigenvalue weighted by Gasteiger charge is -2.29. The van der Waals surface area contributed by atoms with Crippen LogP contribution in [0.1, 0.15) is 44.5 Å². The molecular formula is C16H25N3O2S. The van der Waals surface area contributed by atoms with Crippen molar-refractivity contribution in [3.8, 4) is 0 Å². The van der Waals surface area contributed by atoms with E-state index in [0.717, 1.165) is 29.2 Å². The normalized spacial score (nSPS) is 12.0. The summed E-state index contributed by atoms with van der Waals surface area (Å²) in [4.78, 5) is 17.5. The summed E-state index contributed by atoms with van der Waals surface area (Å²) >= 11 is 1.60. The first kappa shape index (κ1) is 17.0. The van der Waals surface area contributed by atoms with Crippen LogP contribution in [0.3, 0.4) is 0 Å². The first-order valence-electron chi connectivity index (χ1n) is 7.83. The second-order valence-electron chi connectivity index (χ2n) is 5.90. The van der Waals surface area contributed by atoms with Gasteiger partial charge in [-0.15, -0.1) is 11.3 Å². The maximum atomic E-state index is 12.1. The van der Waals surface area contributed by atoms with Gasteiger partial charge in [-0.25, -0.2) is 4.98 Å². The minimum atomic E-state index is -0.188. The van der Waals surface area contributed by atoms with Gasteiger partial charge in [-0.3, -0.25) is 9.20 Å². The number of nitrogens with one attached hydrogen (secondary N) is 1. The summed E-state index contributed by atoms with van der Waals surface area (Å²) in [5.41, 5.74) is 1.93. The van der Waals surface area contributed by atoms with Crippen molar-refractivity contribution < 1.29 is 9.90 Å². The van der Waals surface area contributed by atoms with Gasteiger partial charge in [-0.1, -0.05) is 13.8 Å². The molecule has 2 heterocycles. The molecule has 5 nitrogen and oxygen atoms in total. The number of thiazole rings is 1. The molecule has 0 saturated heterocycles. The Morgan fingerprint density at radius 3 is 2.82 bits per heavy atom. The van der Waals surface area contributed by atoms with E-state index in [4.69, 9.17) is 0 Å². The lowest BCUT2D eigenvalue weighted by atomic mass is 9.83. The molecule has 0 aliphatic carbocycles. The topological polar surface area (TPSA) is 66.6 Å². The number of hydrogen-bond donors (Lipinski definition) is 2. The smallest absolute Gasteiger partial charge is 0.220 e. The lowest BCUT2D eigenvalue weighted by molar-refractivity contribution is -0.121. The van der Waals surface area contributed by atoms with E-state index in [1.54, 1.807) is 11.3 Å². The quantitative estimate of drug-likeness (QED) is 0.784. The Balaban J connectivity index is 1.87. The molecule has 0 radical (unpaired) electrons. The van der Waals surface area contributed by atoms with Gasteiger partial charge in [-0.05, 0) is 26.2 Å². The molecule has 2 N–H and O–H groups in total. The van der Waals surface area contributed by atoms with Gasteiger partial charge in [0.2, 0.25) is 5.91 Å². The summed E-state index contributed by atoms with van der Waals surface area (Å²) in [6.07, 6.45) is 4.88. The van der Waals surface area contributed by atoms with Crippen LogP contribution >= 0.6 is 11.3 Å². The van der Waals surface area contributed by atoms with Crippen molar-refractivity contribution in [1.82, 2.24) is 14.7 Å². The zero-order valence-electron chi connectivity index (χ0n) is 13.6. The molecule has 2 aromatic rings. The summed E-state index contributed by atoms with van der Waals surface area (Å²) in [5, 5.41) is 14.6. The fraction of sp³-hybridized carbons (Fsp3) is 0.625. The van der Waals surface area contributed by atoms with Crippen molar-refractivity contribution in [2.75, 3.05) is 13.2 Å². The van der Waals surface area contributed by atoms with Crippen molar-refractivity contribution in [1.29, 1.82) is 0 Å². The van der Waals surface area contributed by atoms with Crippen LogP contribution in [-0.4, -0.2) is 33.6 Å². The van der Waals surface area contributed by atoms with Gasteiger partial charge in [0.15, 0.2) is 4.96 Å². The van der Waals surface area contributed by atoms with Crippen molar-refractivity contribution in [3.05, 3.63) is 23.0 Å². The third-order valence-corrected chi connectivity index (χ3v) is 5.40. The molecule has 0 atom stereocenters. The number of aliphatic hydroxyl groups is 1. The largest absolute Gasteiger partial charge is 0.396 e. The average molecular weight is 323 g/mol. The highest BCUT2D eigenvalue weighted by Crippen LogP contribution is 2.24. The Morgan fingerprint density at radius 1 is 1.45 bits per heavy atom. The Hall–Kier alpha value is -1.40. The fourth-order valence-corrected chi connectivity index (χ4v) is 3.47. The number of aryl methyl sites for hydroxylation is 2. The van der Waals surface area contributed by atoms with E-state index in [2.05, 4.69) is 33.9 Å². The number of aliphatic hydroxyl groups excluding tert-OH is 1. The number of fused-ring (bicyclic) bond motifs is 1. The Labute approximate surface area is 135 Å². The standard InChI is InChI=1S/C16H25N3O2S/c1-4-16(5-2,11-20)10-17-14(21)7-6-13-9-22-15-18-12(3)8-19(13)15/h8-9,20H,4-7,10-11H2,1-3H3,(H,17,21). The van der Waals surface area contributed by atoms with Crippen LogP contribution in [0, 0.1) is 12.3 Å². The number of amides is 1. The van der Waals surface area contributed by atoms with Crippen LogP contribution in [0.2, 0.25) is 0 Å². The Kier molecular flexibility index (Phi) is 5.58. The SMILES string of the molecule is CCC(CC)(CO)CNC(=O)CCc1csc2nc(C)cn12. The van der Waals surface area contributed by atoms with Gasteiger partial charge in [0.25, 0.3) is 0 Å². The van der Waals surface area contributed by atoms with Crippen LogP contribution in [0.4, 0.5) is 0 Å². The van der Waals surface area contributed by atoms with Crippen LogP contribution in [0.25, 0.3) is 4.96 Å². The zero-order valence-corrected chi connectivity index (χ0v) is 14.4. The fourth-order valence-electron chi connectivity index (χ4n) is 2.52.